The molecule has 0 radical (unpaired) electrons. The fraction of sp³-hybridized carbons (Fsp3) is 0.227. The van der Waals surface area contributed by atoms with E-state index in [0.29, 0.717) is 24.6 Å². The first kappa shape index (κ1) is 19.1. The molecule has 0 N–H and O–H groups in total. The number of fused-ring (bicyclic) bond motifs is 1. The lowest BCUT2D eigenvalue weighted by atomic mass is 10.1. The highest BCUT2D eigenvalue weighted by molar-refractivity contribution is 7.22. The van der Waals surface area contributed by atoms with Crippen molar-refractivity contribution in [2.45, 2.75) is 19.9 Å². The Bertz CT molecular complexity index is 1090. The van der Waals surface area contributed by atoms with Crippen molar-refractivity contribution in [3.8, 4) is 5.75 Å². The molecule has 2 aromatic carbocycles. The first-order valence-corrected chi connectivity index (χ1v) is 10.2. The highest BCUT2D eigenvalue weighted by atomic mass is 32.1. The Morgan fingerprint density at radius 3 is 2.79 bits per heavy atom. The van der Waals surface area contributed by atoms with Crippen LogP contribution in [0.15, 0.2) is 60.9 Å². The zero-order valence-corrected chi connectivity index (χ0v) is 17.2. The Labute approximate surface area is 173 Å². The van der Waals surface area contributed by atoms with Gasteiger partial charge >= 0.3 is 0 Å². The highest BCUT2D eigenvalue weighted by Gasteiger charge is 2.20. The molecule has 0 aliphatic rings. The SMILES string of the molecule is COc1ccc(CC(=O)N(CCn2cccn2)c2nc3ccccc3s2)cc1C. The van der Waals surface area contributed by atoms with Crippen LogP contribution in [0.25, 0.3) is 10.2 Å². The normalized spacial score (nSPS) is 11.0. The van der Waals surface area contributed by atoms with Crippen LogP contribution in [0.2, 0.25) is 0 Å². The molecule has 0 saturated heterocycles. The van der Waals surface area contributed by atoms with Gasteiger partial charge in [0.05, 0.1) is 30.3 Å². The fourth-order valence-corrected chi connectivity index (χ4v) is 4.27. The van der Waals surface area contributed by atoms with Crippen molar-refractivity contribution in [3.63, 3.8) is 0 Å². The van der Waals surface area contributed by atoms with Gasteiger partial charge in [0.15, 0.2) is 5.13 Å². The molecule has 0 saturated carbocycles. The molecule has 1 amide bonds. The molecule has 148 valence electrons. The predicted molar refractivity (Wildman–Crippen MR) is 116 cm³/mol. The van der Waals surface area contributed by atoms with Crippen LogP contribution in [0.5, 0.6) is 5.75 Å². The quantitative estimate of drug-likeness (QED) is 0.464. The number of hydrogen-bond donors (Lipinski definition) is 0. The van der Waals surface area contributed by atoms with Gasteiger partial charge in [-0.1, -0.05) is 35.6 Å². The Balaban J connectivity index is 1.59. The van der Waals surface area contributed by atoms with Gasteiger partial charge in [0.25, 0.3) is 0 Å². The van der Waals surface area contributed by atoms with Gasteiger partial charge in [-0.25, -0.2) is 4.98 Å². The second-order valence-electron chi connectivity index (χ2n) is 6.76. The number of benzene rings is 2. The lowest BCUT2D eigenvalue weighted by Gasteiger charge is -2.20. The topological polar surface area (TPSA) is 60.2 Å². The minimum atomic E-state index is 0.0146. The molecule has 0 unspecified atom stereocenters. The number of rotatable bonds is 7. The lowest BCUT2D eigenvalue weighted by molar-refractivity contribution is -0.118. The van der Waals surface area contributed by atoms with Crippen molar-refractivity contribution >= 4 is 32.6 Å². The number of thiazole rings is 1. The number of aromatic nitrogens is 3. The smallest absolute Gasteiger partial charge is 0.233 e. The Kier molecular flexibility index (Phi) is 5.57. The second-order valence-corrected chi connectivity index (χ2v) is 7.77. The standard InChI is InChI=1S/C22H22N4O2S/c1-16-14-17(8-9-19(16)28-2)15-21(27)26(13-12-25-11-5-10-23-25)22-24-18-6-3-4-7-20(18)29-22/h3-11,14H,12-13,15H2,1-2H3. The molecule has 0 fully saturated rings. The van der Waals surface area contributed by atoms with Crippen LogP contribution in [0.1, 0.15) is 11.1 Å². The van der Waals surface area contributed by atoms with E-state index in [1.807, 2.05) is 66.3 Å². The molecule has 4 rings (SSSR count). The summed E-state index contributed by atoms with van der Waals surface area (Å²) in [4.78, 5) is 19.7. The molecule has 6 nitrogen and oxygen atoms in total. The number of aryl methyl sites for hydroxylation is 1. The summed E-state index contributed by atoms with van der Waals surface area (Å²) >= 11 is 1.54. The van der Waals surface area contributed by atoms with Crippen LogP contribution in [-0.2, 0) is 17.8 Å². The van der Waals surface area contributed by atoms with Crippen LogP contribution in [0, 0.1) is 6.92 Å². The summed E-state index contributed by atoms with van der Waals surface area (Å²) in [6.45, 7) is 3.10. The molecule has 0 bridgehead atoms. The summed E-state index contributed by atoms with van der Waals surface area (Å²) in [5, 5.41) is 4.96. The number of anilines is 1. The van der Waals surface area contributed by atoms with Crippen molar-refractivity contribution < 1.29 is 9.53 Å². The molecule has 4 aromatic rings. The molecule has 2 heterocycles. The third-order valence-corrected chi connectivity index (χ3v) is 5.80. The van der Waals surface area contributed by atoms with Crippen molar-refractivity contribution in [1.29, 1.82) is 0 Å². The Morgan fingerprint density at radius 1 is 1.21 bits per heavy atom. The van der Waals surface area contributed by atoms with Crippen molar-refractivity contribution in [2.24, 2.45) is 0 Å². The average Bonchev–Trinajstić information content (AvgIpc) is 3.38. The summed E-state index contributed by atoms with van der Waals surface area (Å²) in [5.41, 5.74) is 2.88. The van der Waals surface area contributed by atoms with Gasteiger partial charge < -0.3 is 4.74 Å². The average molecular weight is 407 g/mol. The summed E-state index contributed by atoms with van der Waals surface area (Å²) in [6, 6.07) is 15.7. The zero-order valence-electron chi connectivity index (χ0n) is 16.4. The first-order chi connectivity index (χ1) is 14.1. The van der Waals surface area contributed by atoms with Gasteiger partial charge in [-0.15, -0.1) is 0 Å². The van der Waals surface area contributed by atoms with E-state index in [-0.39, 0.29) is 5.91 Å². The van der Waals surface area contributed by atoms with E-state index in [4.69, 9.17) is 9.72 Å². The maximum Gasteiger partial charge on any atom is 0.233 e. The fourth-order valence-electron chi connectivity index (χ4n) is 3.26. The van der Waals surface area contributed by atoms with Gasteiger partial charge in [-0.3, -0.25) is 14.4 Å². The highest BCUT2D eigenvalue weighted by Crippen LogP contribution is 2.29. The van der Waals surface area contributed by atoms with E-state index in [1.165, 1.54) is 11.3 Å². The Morgan fingerprint density at radius 2 is 2.07 bits per heavy atom. The maximum atomic E-state index is 13.2. The third-order valence-electron chi connectivity index (χ3n) is 4.74. The number of methoxy groups -OCH3 is 1. The minimum Gasteiger partial charge on any atom is -0.496 e. The van der Waals surface area contributed by atoms with E-state index in [9.17, 15) is 4.79 Å². The van der Waals surface area contributed by atoms with E-state index < -0.39 is 0 Å². The number of carbonyl (C=O) groups is 1. The number of carbonyl (C=O) groups excluding carboxylic acids is 1. The number of ether oxygens (including phenoxy) is 1. The van der Waals surface area contributed by atoms with Crippen molar-refractivity contribution in [3.05, 3.63) is 72.1 Å². The van der Waals surface area contributed by atoms with Gasteiger partial charge in [0, 0.05) is 18.9 Å². The van der Waals surface area contributed by atoms with Crippen molar-refractivity contribution in [1.82, 2.24) is 14.8 Å². The van der Waals surface area contributed by atoms with Crippen LogP contribution in [0.3, 0.4) is 0 Å². The molecule has 29 heavy (non-hydrogen) atoms. The molecule has 2 aromatic heterocycles. The molecule has 7 heteroatoms. The van der Waals surface area contributed by atoms with Gasteiger partial charge in [-0.05, 0) is 42.3 Å². The summed E-state index contributed by atoms with van der Waals surface area (Å²) < 4.78 is 8.22. The summed E-state index contributed by atoms with van der Waals surface area (Å²) in [6.07, 6.45) is 3.94. The van der Waals surface area contributed by atoms with E-state index in [1.54, 1.807) is 18.2 Å². The third kappa shape index (κ3) is 4.30. The molecule has 0 aliphatic carbocycles. The Hall–Kier alpha value is -3.19. The second kappa shape index (κ2) is 8.45. The molecule has 0 spiro atoms. The zero-order chi connectivity index (χ0) is 20.2. The molecular weight excluding hydrogens is 384 g/mol. The first-order valence-electron chi connectivity index (χ1n) is 9.41. The van der Waals surface area contributed by atoms with E-state index in [2.05, 4.69) is 5.10 Å². The number of amides is 1. The lowest BCUT2D eigenvalue weighted by Crippen LogP contribution is -2.35. The van der Waals surface area contributed by atoms with Gasteiger partial charge in [0.2, 0.25) is 5.91 Å². The van der Waals surface area contributed by atoms with Crippen LogP contribution in [-0.4, -0.2) is 34.3 Å². The van der Waals surface area contributed by atoms with Crippen LogP contribution in [0.4, 0.5) is 5.13 Å². The number of nitrogens with zero attached hydrogens (tertiary/aromatic N) is 4. The van der Waals surface area contributed by atoms with Crippen LogP contribution >= 0.6 is 11.3 Å². The van der Waals surface area contributed by atoms with Gasteiger partial charge in [-0.2, -0.15) is 5.10 Å². The number of hydrogen-bond acceptors (Lipinski definition) is 5. The van der Waals surface area contributed by atoms with Gasteiger partial charge in [0.1, 0.15) is 5.75 Å². The van der Waals surface area contributed by atoms with Crippen LogP contribution < -0.4 is 9.64 Å². The maximum absolute atomic E-state index is 13.2. The minimum absolute atomic E-state index is 0.0146. The summed E-state index contributed by atoms with van der Waals surface area (Å²) in [5.74, 6) is 0.837. The van der Waals surface area contributed by atoms with E-state index in [0.717, 1.165) is 27.1 Å². The summed E-state index contributed by atoms with van der Waals surface area (Å²) in [7, 11) is 1.65. The monoisotopic (exact) mass is 406 g/mol. The molecule has 0 aliphatic heterocycles. The van der Waals surface area contributed by atoms with Crippen molar-refractivity contribution in [2.75, 3.05) is 18.6 Å². The largest absolute Gasteiger partial charge is 0.496 e. The molecule has 0 atom stereocenters. The predicted octanol–water partition coefficient (Wildman–Crippen LogP) is 4.09. The molecular formula is C22H22N4O2S. The van der Waals surface area contributed by atoms with E-state index >= 15 is 0 Å². The number of para-hydroxylation sites is 1.